The van der Waals surface area contributed by atoms with E-state index in [4.69, 9.17) is 10.9 Å². The normalized spacial score (nSPS) is 12.0. The molecule has 0 aromatic heterocycles. The van der Waals surface area contributed by atoms with Gasteiger partial charge in [0.25, 0.3) is 0 Å². The Morgan fingerprint density at radius 2 is 2.00 bits per heavy atom. The summed E-state index contributed by atoms with van der Waals surface area (Å²) in [5.74, 6) is 0.918. The van der Waals surface area contributed by atoms with Crippen LogP contribution in [0.15, 0.2) is 28.0 Å². The van der Waals surface area contributed by atoms with Crippen LogP contribution in [0.2, 0.25) is 0 Å². The van der Waals surface area contributed by atoms with Gasteiger partial charge < -0.3 is 10.6 Å². The molecule has 7 heteroatoms. The molecule has 0 saturated heterocycles. The molecule has 0 unspecified atom stereocenters. The van der Waals surface area contributed by atoms with Gasteiger partial charge in [-0.2, -0.15) is 0 Å². The Balaban J connectivity index is 2.76. The fourth-order valence-electron chi connectivity index (χ4n) is 1.22. The molecular formula is C10H17N3O2S2. The van der Waals surface area contributed by atoms with Gasteiger partial charge in [0.15, 0.2) is 0 Å². The van der Waals surface area contributed by atoms with E-state index in [1.54, 1.807) is 23.9 Å². The molecule has 0 aliphatic carbocycles. The Kier molecular flexibility index (Phi) is 4.81. The van der Waals surface area contributed by atoms with Crippen LogP contribution in [0.3, 0.4) is 0 Å². The molecule has 0 radical (unpaired) electrons. The summed E-state index contributed by atoms with van der Waals surface area (Å²) in [5.41, 5.74) is 5.85. The number of sulfonamides is 1. The van der Waals surface area contributed by atoms with Crippen molar-refractivity contribution in [1.82, 2.24) is 4.90 Å². The first kappa shape index (κ1) is 14.3. The summed E-state index contributed by atoms with van der Waals surface area (Å²) >= 11 is 1.62. The molecule has 0 bridgehead atoms. The van der Waals surface area contributed by atoms with Crippen LogP contribution in [-0.2, 0) is 10.0 Å². The smallest absolute Gasteiger partial charge is 0.240 e. The van der Waals surface area contributed by atoms with E-state index in [1.807, 2.05) is 14.1 Å². The van der Waals surface area contributed by atoms with Gasteiger partial charge in [0.1, 0.15) is 4.90 Å². The Labute approximate surface area is 106 Å². The minimum Gasteiger partial charge on any atom is -0.398 e. The maximum absolute atomic E-state index is 11.2. The molecule has 1 aromatic rings. The summed E-state index contributed by atoms with van der Waals surface area (Å²) in [5, 5.41) is 5.03. The van der Waals surface area contributed by atoms with Crippen LogP contribution in [-0.4, -0.2) is 39.7 Å². The number of primary sulfonamides is 1. The molecule has 0 fully saturated rings. The average Bonchev–Trinajstić information content (AvgIpc) is 2.14. The third-order valence-electron chi connectivity index (χ3n) is 2.10. The van der Waals surface area contributed by atoms with E-state index in [1.165, 1.54) is 6.07 Å². The summed E-state index contributed by atoms with van der Waals surface area (Å²) in [6.07, 6.45) is 0. The average molecular weight is 275 g/mol. The Morgan fingerprint density at radius 3 is 2.47 bits per heavy atom. The summed E-state index contributed by atoms with van der Waals surface area (Å²) in [6.45, 7) is 0.946. The molecule has 96 valence electrons. The van der Waals surface area contributed by atoms with E-state index in [2.05, 4.69) is 4.90 Å². The number of rotatable bonds is 5. The van der Waals surface area contributed by atoms with Crippen LogP contribution < -0.4 is 10.9 Å². The lowest BCUT2D eigenvalue weighted by atomic mass is 10.3. The van der Waals surface area contributed by atoms with E-state index < -0.39 is 10.0 Å². The van der Waals surface area contributed by atoms with Crippen molar-refractivity contribution >= 4 is 27.5 Å². The quantitative estimate of drug-likeness (QED) is 0.606. The van der Waals surface area contributed by atoms with Crippen LogP contribution >= 0.6 is 11.8 Å². The predicted octanol–water partition coefficient (Wildman–Crippen LogP) is 0.570. The van der Waals surface area contributed by atoms with Crippen LogP contribution in [0, 0.1) is 0 Å². The molecule has 0 amide bonds. The molecule has 4 N–H and O–H groups in total. The molecule has 5 nitrogen and oxygen atoms in total. The maximum atomic E-state index is 11.2. The van der Waals surface area contributed by atoms with Crippen LogP contribution in [0.4, 0.5) is 5.69 Å². The number of anilines is 1. The summed E-state index contributed by atoms with van der Waals surface area (Å²) < 4.78 is 22.3. The number of nitrogens with zero attached hydrogens (tertiary/aromatic N) is 1. The third-order valence-corrected chi connectivity index (χ3v) is 4.05. The highest BCUT2D eigenvalue weighted by molar-refractivity contribution is 7.99. The minimum absolute atomic E-state index is 0.0190. The van der Waals surface area contributed by atoms with Crippen molar-refractivity contribution in [2.24, 2.45) is 5.14 Å². The van der Waals surface area contributed by atoms with Gasteiger partial charge in [-0.3, -0.25) is 0 Å². The number of hydrogen-bond donors (Lipinski definition) is 2. The van der Waals surface area contributed by atoms with E-state index in [-0.39, 0.29) is 10.6 Å². The molecule has 17 heavy (non-hydrogen) atoms. The fourth-order valence-corrected chi connectivity index (χ4v) is 2.93. The lowest BCUT2D eigenvalue weighted by Crippen LogP contribution is -2.15. The molecule has 0 spiro atoms. The van der Waals surface area contributed by atoms with Crippen molar-refractivity contribution in [2.75, 3.05) is 32.1 Å². The third kappa shape index (κ3) is 4.55. The Morgan fingerprint density at radius 1 is 1.35 bits per heavy atom. The number of thioether (sulfide) groups is 1. The fraction of sp³-hybridized carbons (Fsp3) is 0.400. The first-order chi connectivity index (χ1) is 7.80. The predicted molar refractivity (Wildman–Crippen MR) is 71.5 cm³/mol. The van der Waals surface area contributed by atoms with Gasteiger partial charge >= 0.3 is 0 Å². The van der Waals surface area contributed by atoms with Crippen LogP contribution in [0.5, 0.6) is 0 Å². The van der Waals surface area contributed by atoms with Crippen molar-refractivity contribution in [2.45, 2.75) is 9.79 Å². The first-order valence-electron chi connectivity index (χ1n) is 5.00. The number of nitrogen functional groups attached to an aromatic ring is 1. The van der Waals surface area contributed by atoms with Gasteiger partial charge in [0.05, 0.1) is 5.69 Å². The number of benzene rings is 1. The van der Waals surface area contributed by atoms with Crippen LogP contribution in [0.1, 0.15) is 0 Å². The van der Waals surface area contributed by atoms with Crippen LogP contribution in [0.25, 0.3) is 0 Å². The van der Waals surface area contributed by atoms with Gasteiger partial charge in [0, 0.05) is 17.2 Å². The zero-order valence-electron chi connectivity index (χ0n) is 9.88. The van der Waals surface area contributed by atoms with Crippen molar-refractivity contribution in [1.29, 1.82) is 0 Å². The second-order valence-corrected chi connectivity index (χ2v) is 6.59. The van der Waals surface area contributed by atoms with Crippen molar-refractivity contribution < 1.29 is 8.42 Å². The molecule has 0 aliphatic heterocycles. The number of nitrogens with two attached hydrogens (primary N) is 2. The summed E-state index contributed by atoms with van der Waals surface area (Å²) in [4.78, 5) is 3.00. The van der Waals surface area contributed by atoms with Gasteiger partial charge in [-0.25, -0.2) is 13.6 Å². The highest BCUT2D eigenvalue weighted by Crippen LogP contribution is 2.25. The van der Waals surface area contributed by atoms with Crippen molar-refractivity contribution in [3.8, 4) is 0 Å². The highest BCUT2D eigenvalue weighted by Gasteiger charge is 2.12. The van der Waals surface area contributed by atoms with Crippen molar-refractivity contribution in [3.05, 3.63) is 18.2 Å². The molecule has 1 rings (SSSR count). The standard InChI is InChI=1S/C10H17N3O2S2/c1-13(2)5-6-16-8-3-4-10(9(11)7-8)17(12,14)15/h3-4,7H,5-6,11H2,1-2H3,(H2,12,14,15). The Hall–Kier alpha value is -0.760. The number of hydrogen-bond acceptors (Lipinski definition) is 5. The van der Waals surface area contributed by atoms with Gasteiger partial charge in [-0.1, -0.05) is 0 Å². The zero-order chi connectivity index (χ0) is 13.1. The second-order valence-electron chi connectivity index (χ2n) is 3.90. The monoisotopic (exact) mass is 275 g/mol. The second kappa shape index (κ2) is 5.72. The van der Waals surface area contributed by atoms with E-state index in [0.29, 0.717) is 0 Å². The topological polar surface area (TPSA) is 89.4 Å². The summed E-state index contributed by atoms with van der Waals surface area (Å²) in [6, 6.07) is 4.80. The molecular weight excluding hydrogens is 258 g/mol. The van der Waals surface area contributed by atoms with E-state index >= 15 is 0 Å². The van der Waals surface area contributed by atoms with Gasteiger partial charge in [0.2, 0.25) is 10.0 Å². The largest absolute Gasteiger partial charge is 0.398 e. The Bertz CT molecular complexity index is 486. The maximum Gasteiger partial charge on any atom is 0.240 e. The molecule has 0 atom stereocenters. The van der Waals surface area contributed by atoms with Gasteiger partial charge in [-0.05, 0) is 32.3 Å². The molecule has 0 heterocycles. The molecule has 0 saturated carbocycles. The molecule has 0 aliphatic rings. The minimum atomic E-state index is -3.73. The lowest BCUT2D eigenvalue weighted by Gasteiger charge is -2.09. The van der Waals surface area contributed by atoms with Crippen molar-refractivity contribution in [3.63, 3.8) is 0 Å². The van der Waals surface area contributed by atoms with Gasteiger partial charge in [-0.15, -0.1) is 11.8 Å². The van der Waals surface area contributed by atoms with E-state index in [0.717, 1.165) is 17.2 Å². The summed E-state index contributed by atoms with van der Waals surface area (Å²) in [7, 11) is 0.271. The lowest BCUT2D eigenvalue weighted by molar-refractivity contribution is 0.437. The first-order valence-corrected chi connectivity index (χ1v) is 7.54. The zero-order valence-corrected chi connectivity index (χ0v) is 11.5. The highest BCUT2D eigenvalue weighted by atomic mass is 32.2. The van der Waals surface area contributed by atoms with E-state index in [9.17, 15) is 8.42 Å². The SMILES string of the molecule is CN(C)CCSc1ccc(S(N)(=O)=O)c(N)c1. The molecule has 1 aromatic carbocycles.